The molecule has 0 spiro atoms. The normalized spacial score (nSPS) is 13.0. The molecule has 0 unspecified atom stereocenters. The Morgan fingerprint density at radius 1 is 0.492 bits per heavy atom. The fourth-order valence-electron chi connectivity index (χ4n) is 9.39. The molecule has 0 atom stereocenters. The summed E-state index contributed by atoms with van der Waals surface area (Å²) in [6.07, 6.45) is 11.9. The number of aromatic nitrogens is 2. The third-order valence-electron chi connectivity index (χ3n) is 12.8. The Hall–Kier alpha value is -2.38. The molecule has 2 nitrogen and oxygen atoms in total. The molecule has 0 aliphatic heterocycles. The van der Waals surface area contributed by atoms with E-state index in [4.69, 9.17) is 0 Å². The molecule has 2 aromatic rings. The van der Waals surface area contributed by atoms with E-state index >= 15 is 0 Å². The Labute approximate surface area is 408 Å². The number of allylic oxidation sites excluding steroid dienone is 3. The fraction of sp³-hybridized carbons (Fsp3) is 0.607. The lowest BCUT2D eigenvalue weighted by atomic mass is 10.1. The Bertz CT molecular complexity index is 2000. The molecule has 0 bridgehead atoms. The maximum Gasteiger partial charge on any atom is 0.146 e. The number of pyridine rings is 2. The molecule has 0 saturated carbocycles. The zero-order chi connectivity index (χ0) is 48.3. The van der Waals surface area contributed by atoms with Crippen LogP contribution in [-0.4, -0.2) is 42.3 Å². The smallest absolute Gasteiger partial charge is 0.146 e. The lowest BCUT2D eigenvalue weighted by Crippen LogP contribution is -2.43. The van der Waals surface area contributed by atoms with Crippen molar-refractivity contribution >= 4 is 54.9 Å². The highest BCUT2D eigenvalue weighted by Gasteiger charge is 2.42. The standard InChI is InChI=1S/C30H49NSi2.C26H40INSi2/c1-12-14-16-30(32(9,10)11)28(15-13-2)19-17-27-18-20-29(31-23-27)21-22-33(24(3)4,25(5)6)26(7)8;1-11-12-24(26(27)29(8,9)10)15-13-23-14-16-25(28-19-23)17-18-30(20(2)3,21(4)5)22(6)7/h18,20,23-26H,12-16H2,1-11H3;14,16,19-22H,11-12H2,1-10H3/b30-28+;26-24+. The number of hydrogen-bond donors (Lipinski definition) is 0. The molecule has 0 radical (unpaired) electrons. The quantitative estimate of drug-likeness (QED) is 0.101. The van der Waals surface area contributed by atoms with E-state index in [1.54, 1.807) is 5.20 Å². The molecular weight excluding hydrogens is 940 g/mol. The number of halogens is 1. The molecule has 63 heavy (non-hydrogen) atoms. The van der Waals surface area contributed by atoms with Gasteiger partial charge in [-0.1, -0.05) is 232 Å². The van der Waals surface area contributed by atoms with Gasteiger partial charge in [-0.3, -0.25) is 0 Å². The second kappa shape index (κ2) is 27.3. The zero-order valence-corrected chi connectivity index (χ0v) is 50.3. The van der Waals surface area contributed by atoms with Crippen molar-refractivity contribution in [3.05, 3.63) is 78.7 Å². The third-order valence-corrected chi connectivity index (χ3v) is 34.8. The number of hydrogen-bond acceptors (Lipinski definition) is 2. The van der Waals surface area contributed by atoms with E-state index < -0.39 is 32.3 Å². The van der Waals surface area contributed by atoms with Crippen molar-refractivity contribution in [2.45, 2.75) is 221 Å². The molecule has 0 aromatic carbocycles. The van der Waals surface area contributed by atoms with Crippen LogP contribution in [0, 0.1) is 46.6 Å². The average molecular weight is 1030 g/mol. The van der Waals surface area contributed by atoms with Gasteiger partial charge in [0.15, 0.2) is 0 Å². The summed E-state index contributed by atoms with van der Waals surface area (Å²) < 4.78 is 1.49. The molecule has 2 rings (SSSR count). The Balaban J connectivity index is 0.000000633. The summed E-state index contributed by atoms with van der Waals surface area (Å²) in [4.78, 5) is 9.28. The molecule has 0 saturated heterocycles. The van der Waals surface area contributed by atoms with Crippen LogP contribution in [0.1, 0.15) is 171 Å². The Kier molecular flexibility index (Phi) is 25.4. The Morgan fingerprint density at radius 3 is 1.14 bits per heavy atom. The van der Waals surface area contributed by atoms with Crippen molar-refractivity contribution in [1.29, 1.82) is 0 Å². The first-order chi connectivity index (χ1) is 29.3. The first-order valence-electron chi connectivity index (χ1n) is 24.4. The van der Waals surface area contributed by atoms with Gasteiger partial charge >= 0.3 is 0 Å². The van der Waals surface area contributed by atoms with Crippen LogP contribution >= 0.6 is 22.6 Å². The van der Waals surface area contributed by atoms with Crippen LogP contribution in [-0.2, 0) is 0 Å². The van der Waals surface area contributed by atoms with Gasteiger partial charge in [0.2, 0.25) is 0 Å². The van der Waals surface area contributed by atoms with Crippen molar-refractivity contribution in [1.82, 2.24) is 9.97 Å². The van der Waals surface area contributed by atoms with E-state index in [1.165, 1.54) is 33.6 Å². The summed E-state index contributed by atoms with van der Waals surface area (Å²) in [6, 6.07) is 8.25. The largest absolute Gasteiger partial charge is 0.247 e. The topological polar surface area (TPSA) is 25.8 Å². The van der Waals surface area contributed by atoms with Gasteiger partial charge in [0.1, 0.15) is 27.5 Å². The van der Waals surface area contributed by atoms with Gasteiger partial charge in [-0.15, -0.1) is 11.1 Å². The summed E-state index contributed by atoms with van der Waals surface area (Å²) in [5, 5.41) is 1.66. The van der Waals surface area contributed by atoms with Crippen LogP contribution in [0.3, 0.4) is 0 Å². The summed E-state index contributed by atoms with van der Waals surface area (Å²) >= 11 is 2.52. The zero-order valence-electron chi connectivity index (χ0n) is 44.2. The summed E-state index contributed by atoms with van der Waals surface area (Å²) in [5.74, 6) is 20.7. The van der Waals surface area contributed by atoms with Gasteiger partial charge < -0.3 is 0 Å². The van der Waals surface area contributed by atoms with Crippen molar-refractivity contribution in [3.63, 3.8) is 0 Å². The summed E-state index contributed by atoms with van der Waals surface area (Å²) in [5.41, 5.74) is 17.7. The lowest BCUT2D eigenvalue weighted by molar-refractivity contribution is 0.792. The molecule has 0 amide bonds. The number of nitrogens with zero attached hydrogens (tertiary/aromatic N) is 2. The fourth-order valence-corrected chi connectivity index (χ4v) is 23.3. The SMILES string of the molecule is CCC/C(C#Cc1ccc(C#C[Si](C(C)C)(C(C)C)C(C)C)nc1)=C(/I)[Si](C)(C)C.CCCC/C(=C(\C#Cc1ccc(C#C[Si](C(C)C)(C(C)C)C(C)C)nc1)CCC)[Si](C)(C)C. The van der Waals surface area contributed by atoms with E-state index in [0.29, 0.717) is 33.2 Å². The first-order valence-corrected chi connectivity index (χ1v) is 36.9. The van der Waals surface area contributed by atoms with Crippen LogP contribution in [0.5, 0.6) is 0 Å². The van der Waals surface area contributed by atoms with Crippen molar-refractivity contribution in [2.24, 2.45) is 0 Å². The molecule has 0 fully saturated rings. The van der Waals surface area contributed by atoms with Gasteiger partial charge in [-0.2, -0.15) is 0 Å². The molecule has 0 aliphatic rings. The highest BCUT2D eigenvalue weighted by molar-refractivity contribution is 14.1. The van der Waals surface area contributed by atoms with Gasteiger partial charge in [-0.05, 0) is 85.6 Å². The second-order valence-corrected chi connectivity index (χ2v) is 44.9. The highest BCUT2D eigenvalue weighted by Crippen LogP contribution is 2.42. The minimum Gasteiger partial charge on any atom is -0.247 e. The molecule has 346 valence electrons. The Morgan fingerprint density at radius 2 is 0.857 bits per heavy atom. The van der Waals surface area contributed by atoms with E-state index in [-0.39, 0.29) is 0 Å². The van der Waals surface area contributed by atoms with E-state index in [9.17, 15) is 0 Å². The molecule has 7 heteroatoms. The molecule has 2 heterocycles. The van der Waals surface area contributed by atoms with E-state index in [0.717, 1.165) is 48.2 Å². The second-order valence-electron chi connectivity index (χ2n) is 21.5. The van der Waals surface area contributed by atoms with E-state index in [2.05, 4.69) is 241 Å². The highest BCUT2D eigenvalue weighted by atomic mass is 127. The molecule has 0 N–H and O–H groups in total. The van der Waals surface area contributed by atoms with Crippen molar-refractivity contribution < 1.29 is 0 Å². The van der Waals surface area contributed by atoms with Crippen molar-refractivity contribution in [2.75, 3.05) is 0 Å². The van der Waals surface area contributed by atoms with Gasteiger partial charge in [0.05, 0.1) is 16.1 Å². The van der Waals surface area contributed by atoms with Crippen LogP contribution in [0.2, 0.25) is 72.5 Å². The molecular formula is C56H89IN2Si4. The molecule has 0 aliphatic carbocycles. The molecule has 2 aromatic heterocycles. The van der Waals surface area contributed by atoms with Crippen LogP contribution in [0.25, 0.3) is 0 Å². The predicted molar refractivity (Wildman–Crippen MR) is 302 cm³/mol. The van der Waals surface area contributed by atoms with Gasteiger partial charge in [0.25, 0.3) is 0 Å². The lowest BCUT2D eigenvalue weighted by Gasteiger charge is -2.38. The minimum absolute atomic E-state index is 0.632. The van der Waals surface area contributed by atoms with E-state index in [1.807, 2.05) is 18.5 Å². The maximum atomic E-state index is 4.67. The summed E-state index contributed by atoms with van der Waals surface area (Å²) in [7, 11) is -6.17. The van der Waals surface area contributed by atoms with Crippen LogP contribution in [0.4, 0.5) is 0 Å². The van der Waals surface area contributed by atoms with Crippen LogP contribution in [0.15, 0.2) is 56.2 Å². The van der Waals surface area contributed by atoms with Crippen molar-refractivity contribution in [3.8, 4) is 46.6 Å². The van der Waals surface area contributed by atoms with Crippen LogP contribution < -0.4 is 0 Å². The monoisotopic (exact) mass is 1030 g/mol. The average Bonchev–Trinajstić information content (AvgIpc) is 3.18. The first kappa shape index (κ1) is 58.6. The minimum atomic E-state index is -1.74. The summed E-state index contributed by atoms with van der Waals surface area (Å²) in [6.45, 7) is 49.4. The maximum absolute atomic E-state index is 4.67. The predicted octanol–water partition coefficient (Wildman–Crippen LogP) is 17.5. The number of rotatable bonds is 15. The van der Waals surface area contributed by atoms with Gasteiger partial charge in [-0.25, -0.2) is 9.97 Å². The number of unbranched alkanes of at least 4 members (excludes halogenated alkanes) is 1. The third kappa shape index (κ3) is 17.7. The van der Waals surface area contributed by atoms with Gasteiger partial charge in [0, 0.05) is 29.1 Å².